The van der Waals surface area contributed by atoms with E-state index in [1.165, 1.54) is 12.5 Å². The molecule has 1 unspecified atom stereocenters. The summed E-state index contributed by atoms with van der Waals surface area (Å²) in [7, 11) is 0. The zero-order valence-electron chi connectivity index (χ0n) is 9.52. The molecule has 1 saturated carbocycles. The summed E-state index contributed by atoms with van der Waals surface area (Å²) in [5.41, 5.74) is 0. The minimum atomic E-state index is -0.663. The number of rotatable bonds is 1. The fourth-order valence-electron chi connectivity index (χ4n) is 2.35. The van der Waals surface area contributed by atoms with E-state index in [0.717, 1.165) is 25.7 Å². The van der Waals surface area contributed by atoms with Gasteiger partial charge in [0.05, 0.1) is 0 Å². The minimum absolute atomic E-state index is 0.103. The molecular formula is C12H17NO3. The Morgan fingerprint density at radius 2 is 1.94 bits per heavy atom. The quantitative estimate of drug-likeness (QED) is 0.634. The number of nitrogens with zero attached hydrogens (tertiary/aromatic N) is 1. The summed E-state index contributed by atoms with van der Waals surface area (Å²) in [5.74, 6) is -0.534. The third-order valence-electron chi connectivity index (χ3n) is 3.23. The Morgan fingerprint density at radius 1 is 1.25 bits per heavy atom. The number of carbonyl (C=O) groups excluding carboxylic acids is 2. The zero-order chi connectivity index (χ0) is 11.5. The number of carbonyl (C=O) groups is 2. The number of ether oxygens (including phenoxy) is 1. The van der Waals surface area contributed by atoms with Crippen LogP contribution < -0.4 is 0 Å². The highest BCUT2D eigenvalue weighted by Crippen LogP contribution is 2.24. The number of hydrogen-bond acceptors (Lipinski definition) is 3. The predicted octanol–water partition coefficient (Wildman–Crippen LogP) is 1.61. The Bertz CT molecular complexity index is 318. The monoisotopic (exact) mass is 223 g/mol. The first-order valence-electron chi connectivity index (χ1n) is 5.89. The predicted molar refractivity (Wildman–Crippen MR) is 58.4 cm³/mol. The molecule has 2 aliphatic rings. The average molecular weight is 223 g/mol. The summed E-state index contributed by atoms with van der Waals surface area (Å²) in [6.07, 6.45) is 7.88. The second kappa shape index (κ2) is 4.68. The van der Waals surface area contributed by atoms with Crippen molar-refractivity contribution in [1.82, 2.24) is 4.90 Å². The van der Waals surface area contributed by atoms with Gasteiger partial charge in [0.2, 0.25) is 0 Å². The first kappa shape index (κ1) is 11.2. The van der Waals surface area contributed by atoms with Crippen molar-refractivity contribution in [2.75, 3.05) is 0 Å². The summed E-state index contributed by atoms with van der Waals surface area (Å²) in [5, 5.41) is 0. The number of amides is 1. The van der Waals surface area contributed by atoms with Crippen molar-refractivity contribution in [1.29, 1.82) is 0 Å². The van der Waals surface area contributed by atoms with Gasteiger partial charge >= 0.3 is 5.97 Å². The Labute approximate surface area is 95.2 Å². The first-order valence-corrected chi connectivity index (χ1v) is 5.89. The Kier molecular flexibility index (Phi) is 3.27. The fourth-order valence-corrected chi connectivity index (χ4v) is 2.35. The van der Waals surface area contributed by atoms with Gasteiger partial charge in [0.25, 0.3) is 5.91 Å². The van der Waals surface area contributed by atoms with Crippen LogP contribution in [0.5, 0.6) is 0 Å². The van der Waals surface area contributed by atoms with Crippen molar-refractivity contribution in [2.45, 2.75) is 51.2 Å². The molecule has 0 aromatic rings. The van der Waals surface area contributed by atoms with Gasteiger partial charge in [-0.25, -0.2) is 4.79 Å². The van der Waals surface area contributed by atoms with Crippen LogP contribution in [0.4, 0.5) is 0 Å². The molecule has 16 heavy (non-hydrogen) atoms. The maximum absolute atomic E-state index is 12.0. The Balaban J connectivity index is 2.13. The lowest BCUT2D eigenvalue weighted by atomic mass is 9.94. The molecule has 4 heteroatoms. The van der Waals surface area contributed by atoms with Gasteiger partial charge in [-0.3, -0.25) is 4.79 Å². The molecule has 2 rings (SSSR count). The third-order valence-corrected chi connectivity index (χ3v) is 3.23. The van der Waals surface area contributed by atoms with E-state index in [0.29, 0.717) is 0 Å². The fraction of sp³-hybridized carbons (Fsp3) is 0.667. The summed E-state index contributed by atoms with van der Waals surface area (Å²) >= 11 is 0. The van der Waals surface area contributed by atoms with Crippen LogP contribution in [0.3, 0.4) is 0 Å². The van der Waals surface area contributed by atoms with Gasteiger partial charge in [0.1, 0.15) is 0 Å². The van der Waals surface area contributed by atoms with Gasteiger partial charge in [-0.15, -0.1) is 0 Å². The molecule has 1 atom stereocenters. The normalized spacial score (nSPS) is 27.8. The van der Waals surface area contributed by atoms with Crippen LogP contribution in [-0.2, 0) is 14.3 Å². The molecular weight excluding hydrogens is 206 g/mol. The molecule has 0 radical (unpaired) electrons. The largest absolute Gasteiger partial charge is 0.449 e. The molecule has 0 bridgehead atoms. The minimum Gasteiger partial charge on any atom is -0.449 e. The number of hydrogen-bond donors (Lipinski definition) is 0. The molecule has 1 amide bonds. The Hall–Kier alpha value is -1.32. The molecule has 0 aromatic heterocycles. The molecule has 0 aromatic carbocycles. The van der Waals surface area contributed by atoms with Crippen molar-refractivity contribution in [3.63, 3.8) is 0 Å². The van der Waals surface area contributed by atoms with Gasteiger partial charge in [-0.05, 0) is 19.8 Å². The van der Waals surface area contributed by atoms with E-state index in [-0.39, 0.29) is 11.9 Å². The van der Waals surface area contributed by atoms with E-state index < -0.39 is 12.1 Å². The molecule has 1 aliphatic carbocycles. The molecule has 4 nitrogen and oxygen atoms in total. The molecule has 88 valence electrons. The van der Waals surface area contributed by atoms with Gasteiger partial charge in [-0.1, -0.05) is 19.3 Å². The van der Waals surface area contributed by atoms with E-state index in [1.807, 2.05) is 0 Å². The SMILES string of the molecule is CC1OC(=O)C=CN(C2CCCCC2)C1=O. The van der Waals surface area contributed by atoms with Gasteiger partial charge < -0.3 is 9.64 Å². The smallest absolute Gasteiger partial charge is 0.333 e. The molecule has 0 saturated heterocycles. The standard InChI is InChI=1S/C12H17NO3/c1-9-12(15)13(8-7-11(14)16-9)10-5-3-2-4-6-10/h7-10H,2-6H2,1H3. The van der Waals surface area contributed by atoms with Crippen LogP contribution in [0.1, 0.15) is 39.0 Å². The second-order valence-corrected chi connectivity index (χ2v) is 4.43. The molecule has 1 aliphatic heterocycles. The third kappa shape index (κ3) is 2.26. The average Bonchev–Trinajstić information content (AvgIpc) is 2.41. The second-order valence-electron chi connectivity index (χ2n) is 4.43. The highest BCUT2D eigenvalue weighted by atomic mass is 16.5. The van der Waals surface area contributed by atoms with E-state index in [4.69, 9.17) is 4.74 Å². The maximum atomic E-state index is 12.0. The maximum Gasteiger partial charge on any atom is 0.333 e. The van der Waals surface area contributed by atoms with Crippen LogP contribution >= 0.6 is 0 Å². The summed E-state index contributed by atoms with van der Waals surface area (Å²) in [6.45, 7) is 1.63. The van der Waals surface area contributed by atoms with Crippen molar-refractivity contribution in [2.24, 2.45) is 0 Å². The van der Waals surface area contributed by atoms with E-state index in [2.05, 4.69) is 0 Å². The molecule has 1 heterocycles. The summed E-state index contributed by atoms with van der Waals surface area (Å²) in [4.78, 5) is 24.9. The zero-order valence-corrected chi connectivity index (χ0v) is 9.52. The van der Waals surface area contributed by atoms with Crippen molar-refractivity contribution >= 4 is 11.9 Å². The Morgan fingerprint density at radius 3 is 2.62 bits per heavy atom. The van der Waals surface area contributed by atoms with Crippen LogP contribution in [0.15, 0.2) is 12.3 Å². The van der Waals surface area contributed by atoms with E-state index in [1.54, 1.807) is 18.0 Å². The van der Waals surface area contributed by atoms with Gasteiger partial charge in [0, 0.05) is 18.3 Å². The first-order chi connectivity index (χ1) is 7.68. The topological polar surface area (TPSA) is 46.6 Å². The lowest BCUT2D eigenvalue weighted by Gasteiger charge is -2.32. The molecule has 0 N–H and O–H groups in total. The highest BCUT2D eigenvalue weighted by Gasteiger charge is 2.30. The highest BCUT2D eigenvalue weighted by molar-refractivity contribution is 5.90. The summed E-state index contributed by atoms with van der Waals surface area (Å²) in [6, 6.07) is 0.245. The van der Waals surface area contributed by atoms with Crippen molar-refractivity contribution < 1.29 is 14.3 Å². The van der Waals surface area contributed by atoms with Crippen LogP contribution in [0.25, 0.3) is 0 Å². The van der Waals surface area contributed by atoms with Crippen LogP contribution in [0.2, 0.25) is 0 Å². The van der Waals surface area contributed by atoms with Crippen LogP contribution in [-0.4, -0.2) is 28.9 Å². The van der Waals surface area contributed by atoms with E-state index >= 15 is 0 Å². The number of esters is 1. The van der Waals surface area contributed by atoms with E-state index in [9.17, 15) is 9.59 Å². The van der Waals surface area contributed by atoms with Gasteiger partial charge in [-0.2, -0.15) is 0 Å². The van der Waals surface area contributed by atoms with Crippen molar-refractivity contribution in [3.05, 3.63) is 12.3 Å². The van der Waals surface area contributed by atoms with Crippen LogP contribution in [0, 0.1) is 0 Å². The summed E-state index contributed by atoms with van der Waals surface area (Å²) < 4.78 is 4.93. The number of cyclic esters (lactones) is 1. The van der Waals surface area contributed by atoms with Gasteiger partial charge in [0.15, 0.2) is 6.10 Å². The lowest BCUT2D eigenvalue weighted by molar-refractivity contribution is -0.153. The van der Waals surface area contributed by atoms with Crippen molar-refractivity contribution in [3.8, 4) is 0 Å². The lowest BCUT2D eigenvalue weighted by Crippen LogP contribution is -2.42. The molecule has 1 fully saturated rings. The molecule has 0 spiro atoms.